The highest BCUT2D eigenvalue weighted by Gasteiger charge is 2.61. The fourth-order valence-electron chi connectivity index (χ4n) is 2.92. The van der Waals surface area contributed by atoms with E-state index < -0.39 is 5.60 Å². The van der Waals surface area contributed by atoms with Crippen LogP contribution in [0.25, 0.3) is 0 Å². The monoisotopic (exact) mass is 230 g/mol. The van der Waals surface area contributed by atoms with Crippen molar-refractivity contribution in [3.63, 3.8) is 0 Å². The molecule has 2 atom stereocenters. The third-order valence-electron chi connectivity index (χ3n) is 3.97. The van der Waals surface area contributed by atoms with Crippen molar-refractivity contribution in [2.24, 2.45) is 0 Å². The normalized spacial score (nSPS) is 33.2. The molecular formula is C15H18O2. The third kappa shape index (κ3) is 1.91. The van der Waals surface area contributed by atoms with E-state index >= 15 is 0 Å². The van der Waals surface area contributed by atoms with Gasteiger partial charge in [-0.25, -0.2) is 0 Å². The Morgan fingerprint density at radius 1 is 1.06 bits per heavy atom. The maximum absolute atomic E-state index is 12.2. The Hall–Kier alpha value is -1.15. The van der Waals surface area contributed by atoms with Crippen molar-refractivity contribution in [1.29, 1.82) is 0 Å². The minimum atomic E-state index is -0.457. The lowest BCUT2D eigenvalue weighted by Gasteiger charge is -2.15. The smallest absolute Gasteiger partial charge is 0.167 e. The second-order valence-electron chi connectivity index (χ2n) is 5.14. The summed E-state index contributed by atoms with van der Waals surface area (Å²) in [4.78, 5) is 12.2. The molecule has 90 valence electrons. The first-order valence-corrected chi connectivity index (χ1v) is 6.59. The molecule has 0 unspecified atom stereocenters. The average Bonchev–Trinajstić information content (AvgIpc) is 3.09. The van der Waals surface area contributed by atoms with Gasteiger partial charge in [0.05, 0.1) is 0 Å². The standard InChI is InChI=1S/C15H18O2/c16-13-10-6-1-2-7-11-15(13)14(17-15)12-8-4-3-5-9-12/h3-5,8-9,14H,1-2,6-7,10-11H2/t14-,15+/m0/s1. The highest BCUT2D eigenvalue weighted by molar-refractivity contribution is 5.91. The largest absolute Gasteiger partial charge is 0.353 e. The summed E-state index contributed by atoms with van der Waals surface area (Å²) in [5, 5.41) is 0. The number of rotatable bonds is 1. The first-order valence-electron chi connectivity index (χ1n) is 6.59. The number of hydrogen-bond donors (Lipinski definition) is 0. The number of ether oxygens (including phenoxy) is 1. The molecule has 3 rings (SSSR count). The van der Waals surface area contributed by atoms with Gasteiger partial charge in [-0.3, -0.25) is 4.79 Å². The lowest BCUT2D eigenvalue weighted by atomic mass is 9.85. The molecule has 2 nitrogen and oxygen atoms in total. The summed E-state index contributed by atoms with van der Waals surface area (Å²) in [5.74, 6) is 0.325. The van der Waals surface area contributed by atoms with Crippen LogP contribution in [0.15, 0.2) is 30.3 Å². The van der Waals surface area contributed by atoms with Gasteiger partial charge < -0.3 is 4.74 Å². The average molecular weight is 230 g/mol. The Morgan fingerprint density at radius 3 is 2.65 bits per heavy atom. The molecule has 1 saturated heterocycles. The first-order chi connectivity index (χ1) is 8.33. The Morgan fingerprint density at radius 2 is 1.82 bits per heavy atom. The lowest BCUT2D eigenvalue weighted by Crippen LogP contribution is -2.26. The van der Waals surface area contributed by atoms with Crippen molar-refractivity contribution in [3.8, 4) is 0 Å². The van der Waals surface area contributed by atoms with E-state index in [1.807, 2.05) is 18.2 Å². The van der Waals surface area contributed by atoms with Gasteiger partial charge in [0, 0.05) is 6.42 Å². The van der Waals surface area contributed by atoms with Crippen LogP contribution in [0.3, 0.4) is 0 Å². The molecule has 2 fully saturated rings. The molecule has 1 aliphatic heterocycles. The number of hydrogen-bond acceptors (Lipinski definition) is 2. The van der Waals surface area contributed by atoms with Gasteiger partial charge in [0.1, 0.15) is 6.10 Å². The molecule has 0 aromatic heterocycles. The van der Waals surface area contributed by atoms with E-state index in [9.17, 15) is 4.79 Å². The third-order valence-corrected chi connectivity index (χ3v) is 3.97. The Bertz CT molecular complexity index is 412. The van der Waals surface area contributed by atoms with Crippen molar-refractivity contribution in [3.05, 3.63) is 35.9 Å². The van der Waals surface area contributed by atoms with Crippen LogP contribution in [0.2, 0.25) is 0 Å². The molecule has 1 heterocycles. The zero-order valence-corrected chi connectivity index (χ0v) is 10.0. The zero-order valence-electron chi connectivity index (χ0n) is 10.0. The van der Waals surface area contributed by atoms with Gasteiger partial charge in [0.2, 0.25) is 0 Å². The van der Waals surface area contributed by atoms with Crippen LogP contribution in [0.5, 0.6) is 0 Å². The van der Waals surface area contributed by atoms with Crippen LogP contribution in [0.4, 0.5) is 0 Å². The molecule has 0 bridgehead atoms. The second kappa shape index (κ2) is 4.26. The molecule has 1 aromatic carbocycles. The molecule has 1 aromatic rings. The topological polar surface area (TPSA) is 29.6 Å². The second-order valence-corrected chi connectivity index (χ2v) is 5.14. The first kappa shape index (κ1) is 11.0. The Labute approximate surface area is 102 Å². The van der Waals surface area contributed by atoms with Crippen molar-refractivity contribution >= 4 is 5.78 Å². The molecule has 1 saturated carbocycles. The highest BCUT2D eigenvalue weighted by Crippen LogP contribution is 2.54. The minimum absolute atomic E-state index is 0.0225. The van der Waals surface area contributed by atoms with Crippen LogP contribution in [0.1, 0.15) is 50.2 Å². The number of carbonyl (C=O) groups is 1. The molecule has 0 radical (unpaired) electrons. The number of Topliss-reactive ketones (excluding diaryl/α,β-unsaturated/α-hetero) is 1. The molecule has 1 spiro atoms. The van der Waals surface area contributed by atoms with Crippen molar-refractivity contribution in [2.45, 2.75) is 50.2 Å². The van der Waals surface area contributed by atoms with Crippen LogP contribution in [-0.2, 0) is 9.53 Å². The van der Waals surface area contributed by atoms with Crippen LogP contribution in [-0.4, -0.2) is 11.4 Å². The van der Waals surface area contributed by atoms with Gasteiger partial charge in [-0.05, 0) is 24.8 Å². The molecule has 2 aliphatic rings. The van der Waals surface area contributed by atoms with Crippen molar-refractivity contribution < 1.29 is 9.53 Å². The Kier molecular flexibility index (Phi) is 2.75. The van der Waals surface area contributed by atoms with E-state index in [2.05, 4.69) is 12.1 Å². The number of carbonyl (C=O) groups excluding carboxylic acids is 1. The van der Waals surface area contributed by atoms with Gasteiger partial charge in [0.15, 0.2) is 11.4 Å². The molecule has 1 aliphatic carbocycles. The Balaban J connectivity index is 1.81. The number of ketones is 1. The summed E-state index contributed by atoms with van der Waals surface area (Å²) >= 11 is 0. The summed E-state index contributed by atoms with van der Waals surface area (Å²) in [6.07, 6.45) is 6.21. The number of benzene rings is 1. The maximum atomic E-state index is 12.2. The predicted octanol–water partition coefficient (Wildman–Crippen LogP) is 3.42. The maximum Gasteiger partial charge on any atom is 0.167 e. The fourth-order valence-corrected chi connectivity index (χ4v) is 2.92. The van der Waals surface area contributed by atoms with E-state index in [1.165, 1.54) is 12.8 Å². The lowest BCUT2D eigenvalue weighted by molar-refractivity contribution is -0.124. The van der Waals surface area contributed by atoms with Crippen LogP contribution >= 0.6 is 0 Å². The summed E-state index contributed by atoms with van der Waals surface area (Å²) in [6.45, 7) is 0. The molecule has 0 N–H and O–H groups in total. The van der Waals surface area contributed by atoms with E-state index in [-0.39, 0.29) is 6.10 Å². The predicted molar refractivity (Wildman–Crippen MR) is 65.7 cm³/mol. The van der Waals surface area contributed by atoms with Crippen LogP contribution in [0, 0.1) is 0 Å². The van der Waals surface area contributed by atoms with Gasteiger partial charge in [-0.1, -0.05) is 43.2 Å². The van der Waals surface area contributed by atoms with Crippen LogP contribution < -0.4 is 0 Å². The van der Waals surface area contributed by atoms with Crippen molar-refractivity contribution in [2.75, 3.05) is 0 Å². The summed E-state index contributed by atoms with van der Waals surface area (Å²) < 4.78 is 5.83. The zero-order chi connectivity index (χ0) is 11.7. The van der Waals surface area contributed by atoms with E-state index in [1.54, 1.807) is 0 Å². The van der Waals surface area contributed by atoms with Gasteiger partial charge in [-0.2, -0.15) is 0 Å². The van der Waals surface area contributed by atoms with Gasteiger partial charge >= 0.3 is 0 Å². The molecule has 17 heavy (non-hydrogen) atoms. The molecule has 2 heteroatoms. The summed E-state index contributed by atoms with van der Waals surface area (Å²) in [7, 11) is 0. The molecular weight excluding hydrogens is 212 g/mol. The minimum Gasteiger partial charge on any atom is -0.353 e. The van der Waals surface area contributed by atoms with E-state index in [0.29, 0.717) is 12.2 Å². The van der Waals surface area contributed by atoms with Gasteiger partial charge in [-0.15, -0.1) is 0 Å². The van der Waals surface area contributed by atoms with Crippen molar-refractivity contribution in [1.82, 2.24) is 0 Å². The molecule has 0 amide bonds. The van der Waals surface area contributed by atoms with E-state index in [4.69, 9.17) is 4.74 Å². The van der Waals surface area contributed by atoms with E-state index in [0.717, 1.165) is 24.8 Å². The van der Waals surface area contributed by atoms with Gasteiger partial charge in [0.25, 0.3) is 0 Å². The summed E-state index contributed by atoms with van der Waals surface area (Å²) in [6, 6.07) is 10.1. The number of epoxide rings is 1. The summed E-state index contributed by atoms with van der Waals surface area (Å²) in [5.41, 5.74) is 0.698. The fraction of sp³-hybridized carbons (Fsp3) is 0.533. The highest BCUT2D eigenvalue weighted by atomic mass is 16.6. The quantitative estimate of drug-likeness (QED) is 0.692. The SMILES string of the molecule is O=C1CCCCCC[C@@]12O[C@H]2c1ccccc1.